The Balaban J connectivity index is 2.45. The number of hydrogen-bond donors (Lipinski definition) is 0. The number of hydrogen-bond acceptors (Lipinski definition) is 6. The third kappa shape index (κ3) is 9.67. The summed E-state index contributed by atoms with van der Waals surface area (Å²) in [5.74, 6) is -0.294. The molecule has 0 spiro atoms. The average molecular weight is 370 g/mol. The van der Waals surface area contributed by atoms with Gasteiger partial charge in [-0.2, -0.15) is 0 Å². The first kappa shape index (κ1) is 22.3. The highest BCUT2D eigenvalue weighted by atomic mass is 16.5. The molecule has 1 saturated heterocycles. The third-order valence-electron chi connectivity index (χ3n) is 3.74. The highest BCUT2D eigenvalue weighted by molar-refractivity contribution is 5.87. The summed E-state index contributed by atoms with van der Waals surface area (Å²) in [5, 5.41) is 0. The van der Waals surface area contributed by atoms with Crippen molar-refractivity contribution in [2.45, 2.75) is 0 Å². The van der Waals surface area contributed by atoms with Gasteiger partial charge in [-0.3, -0.25) is 9.59 Å². The van der Waals surface area contributed by atoms with Gasteiger partial charge in [0, 0.05) is 26.2 Å². The van der Waals surface area contributed by atoms with Gasteiger partial charge in [-0.05, 0) is 12.2 Å². The molecule has 0 saturated carbocycles. The highest BCUT2D eigenvalue weighted by Crippen LogP contribution is 1.96. The van der Waals surface area contributed by atoms with Gasteiger partial charge in [-0.15, -0.1) is 0 Å². The number of nitrogens with zero attached hydrogens (tertiary/aromatic N) is 2. The molecule has 0 bridgehead atoms. The topological polar surface area (TPSA) is 77.5 Å². The summed E-state index contributed by atoms with van der Waals surface area (Å²) >= 11 is 0. The van der Waals surface area contributed by atoms with Crippen LogP contribution in [0.4, 0.5) is 0 Å². The second-order valence-corrected chi connectivity index (χ2v) is 5.51. The van der Waals surface area contributed by atoms with Crippen LogP contribution in [0.1, 0.15) is 0 Å². The molecule has 0 radical (unpaired) electrons. The first-order chi connectivity index (χ1) is 12.7. The van der Waals surface area contributed by atoms with Crippen LogP contribution in [-0.2, 0) is 28.5 Å². The molecule has 1 rings (SSSR count). The van der Waals surface area contributed by atoms with E-state index in [1.54, 1.807) is 9.80 Å². The largest absolute Gasteiger partial charge is 0.377 e. The summed E-state index contributed by atoms with van der Waals surface area (Å²) < 4.78 is 22.0. The maximum atomic E-state index is 11.8. The van der Waals surface area contributed by atoms with Crippen molar-refractivity contribution in [2.75, 3.05) is 79.0 Å². The Bertz CT molecular complexity index is 383. The van der Waals surface area contributed by atoms with Crippen molar-refractivity contribution in [1.29, 1.82) is 0 Å². The minimum absolute atomic E-state index is 0.147. The van der Waals surface area contributed by atoms with Gasteiger partial charge in [0.15, 0.2) is 0 Å². The number of rotatable bonds is 2. The van der Waals surface area contributed by atoms with Crippen LogP contribution in [0.5, 0.6) is 0 Å². The fourth-order valence-electron chi connectivity index (χ4n) is 2.27. The van der Waals surface area contributed by atoms with E-state index in [1.165, 1.54) is 12.2 Å². The van der Waals surface area contributed by atoms with Crippen molar-refractivity contribution >= 4 is 11.8 Å². The van der Waals surface area contributed by atoms with Gasteiger partial charge < -0.3 is 28.7 Å². The van der Waals surface area contributed by atoms with Gasteiger partial charge in [0.2, 0.25) is 11.8 Å². The standard InChI is InChI=1S/C18H30N2O6/c1-3-17(21)19-5-9-23-13-15-25-11-7-20(18(22)4-2)8-12-26-16-14-24-10-6-19/h3-4H,1-2,5-16H2. The third-order valence-corrected chi connectivity index (χ3v) is 3.74. The summed E-state index contributed by atoms with van der Waals surface area (Å²) in [5.41, 5.74) is 0. The average Bonchev–Trinajstić information content (AvgIpc) is 2.66. The molecule has 1 fully saturated rings. The Morgan fingerprint density at radius 3 is 1.08 bits per heavy atom. The fourth-order valence-corrected chi connectivity index (χ4v) is 2.27. The van der Waals surface area contributed by atoms with Crippen LogP contribution >= 0.6 is 0 Å². The molecular formula is C18H30N2O6. The molecule has 2 amide bonds. The smallest absolute Gasteiger partial charge is 0.246 e. The van der Waals surface area contributed by atoms with E-state index in [1.807, 2.05) is 0 Å². The maximum Gasteiger partial charge on any atom is 0.246 e. The molecule has 0 aromatic carbocycles. The van der Waals surface area contributed by atoms with Gasteiger partial charge in [0.05, 0.1) is 52.9 Å². The zero-order chi connectivity index (χ0) is 19.0. The van der Waals surface area contributed by atoms with Crippen LogP contribution in [0.2, 0.25) is 0 Å². The van der Waals surface area contributed by atoms with Crippen LogP contribution in [-0.4, -0.2) is 101 Å². The molecule has 0 aliphatic carbocycles. The molecule has 0 aromatic rings. The Kier molecular flexibility index (Phi) is 12.4. The Morgan fingerprint density at radius 2 is 0.846 bits per heavy atom. The molecule has 1 aliphatic heterocycles. The molecule has 0 aromatic heterocycles. The molecule has 1 heterocycles. The lowest BCUT2D eigenvalue weighted by atomic mass is 10.4. The first-order valence-electron chi connectivity index (χ1n) is 8.82. The van der Waals surface area contributed by atoms with Gasteiger partial charge in [0.1, 0.15) is 0 Å². The SMILES string of the molecule is C=CC(=O)N1CCOCCOCCN(C(=O)C=C)CCOCCOCC1. The van der Waals surface area contributed by atoms with Crippen LogP contribution in [0.25, 0.3) is 0 Å². The summed E-state index contributed by atoms with van der Waals surface area (Å²) in [4.78, 5) is 26.9. The monoisotopic (exact) mass is 370 g/mol. The molecule has 0 unspecified atom stereocenters. The molecule has 8 nitrogen and oxygen atoms in total. The highest BCUT2D eigenvalue weighted by Gasteiger charge is 2.11. The van der Waals surface area contributed by atoms with Crippen LogP contribution in [0.15, 0.2) is 25.3 Å². The predicted molar refractivity (Wildman–Crippen MR) is 96.8 cm³/mol. The van der Waals surface area contributed by atoms with E-state index in [9.17, 15) is 9.59 Å². The lowest BCUT2D eigenvalue weighted by Crippen LogP contribution is -2.37. The minimum atomic E-state index is -0.147. The predicted octanol–water partition coefficient (Wildman–Crippen LogP) is 0.0956. The summed E-state index contributed by atoms with van der Waals surface area (Å²) in [6.45, 7) is 12.2. The van der Waals surface area contributed by atoms with Crippen LogP contribution < -0.4 is 0 Å². The van der Waals surface area contributed by atoms with Gasteiger partial charge >= 0.3 is 0 Å². The van der Waals surface area contributed by atoms with E-state index in [-0.39, 0.29) is 11.8 Å². The first-order valence-corrected chi connectivity index (χ1v) is 8.82. The Labute approximate surface area is 155 Å². The van der Waals surface area contributed by atoms with E-state index in [0.29, 0.717) is 79.0 Å². The Morgan fingerprint density at radius 1 is 0.577 bits per heavy atom. The van der Waals surface area contributed by atoms with Gasteiger partial charge in [-0.25, -0.2) is 0 Å². The van der Waals surface area contributed by atoms with Crippen molar-refractivity contribution in [1.82, 2.24) is 9.80 Å². The molecule has 0 atom stereocenters. The zero-order valence-electron chi connectivity index (χ0n) is 15.4. The number of carbonyl (C=O) groups is 2. The van der Waals surface area contributed by atoms with E-state index < -0.39 is 0 Å². The van der Waals surface area contributed by atoms with Gasteiger partial charge in [0.25, 0.3) is 0 Å². The van der Waals surface area contributed by atoms with Crippen molar-refractivity contribution in [3.63, 3.8) is 0 Å². The van der Waals surface area contributed by atoms with Gasteiger partial charge in [-0.1, -0.05) is 13.2 Å². The van der Waals surface area contributed by atoms with E-state index in [4.69, 9.17) is 18.9 Å². The second-order valence-electron chi connectivity index (χ2n) is 5.51. The van der Waals surface area contributed by atoms with E-state index in [2.05, 4.69) is 13.2 Å². The van der Waals surface area contributed by atoms with Crippen LogP contribution in [0, 0.1) is 0 Å². The van der Waals surface area contributed by atoms with E-state index >= 15 is 0 Å². The van der Waals surface area contributed by atoms with Crippen molar-refractivity contribution in [3.8, 4) is 0 Å². The molecule has 1 aliphatic rings. The molecular weight excluding hydrogens is 340 g/mol. The zero-order valence-corrected chi connectivity index (χ0v) is 15.4. The maximum absolute atomic E-state index is 11.8. The van der Waals surface area contributed by atoms with Crippen molar-refractivity contribution in [2.24, 2.45) is 0 Å². The molecule has 0 N–H and O–H groups in total. The van der Waals surface area contributed by atoms with Crippen molar-refractivity contribution in [3.05, 3.63) is 25.3 Å². The Hall–Kier alpha value is -1.74. The molecule has 26 heavy (non-hydrogen) atoms. The minimum Gasteiger partial charge on any atom is -0.377 e. The summed E-state index contributed by atoms with van der Waals surface area (Å²) in [7, 11) is 0. The number of carbonyl (C=O) groups excluding carboxylic acids is 2. The quantitative estimate of drug-likeness (QED) is 0.642. The molecule has 8 heteroatoms. The van der Waals surface area contributed by atoms with Crippen LogP contribution in [0.3, 0.4) is 0 Å². The summed E-state index contributed by atoms with van der Waals surface area (Å²) in [6.07, 6.45) is 2.57. The lowest BCUT2D eigenvalue weighted by molar-refractivity contribution is -0.129. The molecule has 148 valence electrons. The normalized spacial score (nSPS) is 19.8. The van der Waals surface area contributed by atoms with E-state index in [0.717, 1.165) is 0 Å². The number of ether oxygens (including phenoxy) is 4. The fraction of sp³-hybridized carbons (Fsp3) is 0.667. The lowest BCUT2D eigenvalue weighted by Gasteiger charge is -2.22. The second kappa shape index (κ2) is 14.4. The summed E-state index contributed by atoms with van der Waals surface area (Å²) in [6, 6.07) is 0. The van der Waals surface area contributed by atoms with Crippen molar-refractivity contribution < 1.29 is 28.5 Å². The number of amides is 2.